The van der Waals surface area contributed by atoms with Gasteiger partial charge in [0.1, 0.15) is 11.3 Å². The molecule has 0 fully saturated rings. The van der Waals surface area contributed by atoms with Crippen LogP contribution < -0.4 is 11.1 Å². The Morgan fingerprint density at radius 3 is 1.08 bits per heavy atom. The Hall–Kier alpha value is -6.92. The molecule has 0 saturated heterocycles. The van der Waals surface area contributed by atoms with Gasteiger partial charge in [-0.05, 0) is 102 Å². The molecule has 228 valence electrons. The standard InChI is InChI=1S/C44H20N4O2/c49-43-31-15-11-27-26-10-14-30-40-32(44(50)48-36-20-24-8-4-2-6-22(24)18-34(36)46-42(30)48)16-12-28(38(26)40)25-9-13-29(39(31)37(25)27)41-45-33-17-21-5-1-3-7-23(21)19-35(33)47(41)43/h1-20H. The van der Waals surface area contributed by atoms with E-state index in [1.807, 2.05) is 36.4 Å². The van der Waals surface area contributed by atoms with Crippen LogP contribution in [0.5, 0.6) is 0 Å². The van der Waals surface area contributed by atoms with E-state index in [0.717, 1.165) is 97.5 Å². The maximum atomic E-state index is 14.4. The minimum absolute atomic E-state index is 0.0674. The predicted octanol–water partition coefficient (Wildman–Crippen LogP) is 9.55. The minimum atomic E-state index is -0.0674. The predicted molar refractivity (Wildman–Crippen MR) is 205 cm³/mol. The highest BCUT2D eigenvalue weighted by Gasteiger charge is 2.24. The Morgan fingerprint density at radius 1 is 0.360 bits per heavy atom. The number of imidazole rings is 2. The van der Waals surface area contributed by atoms with Crippen LogP contribution in [-0.2, 0) is 0 Å². The number of pyridine rings is 2. The maximum Gasteiger partial charge on any atom is 0.264 e. The molecule has 4 heterocycles. The van der Waals surface area contributed by atoms with Gasteiger partial charge in [0, 0.05) is 32.3 Å². The van der Waals surface area contributed by atoms with Crippen molar-refractivity contribution in [2.75, 3.05) is 0 Å². The van der Waals surface area contributed by atoms with Gasteiger partial charge in [-0.2, -0.15) is 0 Å². The third kappa shape index (κ3) is 2.74. The van der Waals surface area contributed by atoms with E-state index in [1.165, 1.54) is 0 Å². The van der Waals surface area contributed by atoms with Crippen molar-refractivity contribution < 1.29 is 0 Å². The molecule has 0 aliphatic rings. The first-order valence-corrected chi connectivity index (χ1v) is 16.8. The third-order valence-corrected chi connectivity index (χ3v) is 11.3. The summed E-state index contributed by atoms with van der Waals surface area (Å²) in [6.45, 7) is 0. The fourth-order valence-electron chi connectivity index (χ4n) is 9.16. The Kier molecular flexibility index (Phi) is 4.12. The summed E-state index contributed by atoms with van der Waals surface area (Å²) in [5, 5.41) is 15.8. The van der Waals surface area contributed by atoms with Crippen LogP contribution >= 0.6 is 0 Å². The van der Waals surface area contributed by atoms with Crippen LogP contribution in [0.1, 0.15) is 0 Å². The first-order valence-electron chi connectivity index (χ1n) is 16.8. The zero-order valence-corrected chi connectivity index (χ0v) is 26.2. The molecule has 0 aliphatic heterocycles. The molecule has 4 aromatic heterocycles. The van der Waals surface area contributed by atoms with Gasteiger partial charge in [-0.1, -0.05) is 72.8 Å². The second kappa shape index (κ2) is 8.20. The Morgan fingerprint density at radius 2 is 0.680 bits per heavy atom. The molecule has 0 bridgehead atoms. The SMILES string of the molecule is O=c1c2ccc3c4ccc5c6c(ccc(c7ccc(c2c37)c2nc3cc7ccccc7cc3n12)c46)c(=O)n1c2cc3ccccc3cc2nc51. The topological polar surface area (TPSA) is 68.7 Å². The molecule has 0 N–H and O–H groups in total. The molecule has 0 aliphatic carbocycles. The summed E-state index contributed by atoms with van der Waals surface area (Å²) in [5.74, 6) is 0. The van der Waals surface area contributed by atoms with E-state index in [4.69, 9.17) is 9.97 Å². The lowest BCUT2D eigenvalue weighted by atomic mass is 9.86. The molecule has 9 aromatic carbocycles. The number of benzene rings is 9. The van der Waals surface area contributed by atoms with Crippen molar-refractivity contribution in [3.05, 3.63) is 142 Å². The fourth-order valence-corrected chi connectivity index (χ4v) is 9.16. The van der Waals surface area contributed by atoms with Gasteiger partial charge < -0.3 is 0 Å². The number of hydrogen-bond donors (Lipinski definition) is 0. The average molecular weight is 637 g/mol. The van der Waals surface area contributed by atoms with E-state index >= 15 is 0 Å². The second-order valence-corrected chi connectivity index (χ2v) is 13.7. The fraction of sp³-hybridized carbons (Fsp3) is 0. The summed E-state index contributed by atoms with van der Waals surface area (Å²) in [7, 11) is 0. The summed E-state index contributed by atoms with van der Waals surface area (Å²) in [5.41, 5.74) is 4.45. The molecule has 6 nitrogen and oxygen atoms in total. The van der Waals surface area contributed by atoms with Crippen molar-refractivity contribution in [1.82, 2.24) is 18.8 Å². The summed E-state index contributed by atoms with van der Waals surface area (Å²) in [4.78, 5) is 38.9. The molecule has 50 heavy (non-hydrogen) atoms. The Balaban J connectivity index is 1.20. The molecule has 0 radical (unpaired) electrons. The van der Waals surface area contributed by atoms with Crippen LogP contribution in [0.3, 0.4) is 0 Å². The van der Waals surface area contributed by atoms with E-state index in [0.29, 0.717) is 22.1 Å². The van der Waals surface area contributed by atoms with Crippen molar-refractivity contribution in [3.8, 4) is 0 Å². The van der Waals surface area contributed by atoms with E-state index in [9.17, 15) is 9.59 Å². The molecule has 13 rings (SSSR count). The zero-order chi connectivity index (χ0) is 32.6. The van der Waals surface area contributed by atoms with Crippen LogP contribution in [0.4, 0.5) is 0 Å². The molecule has 0 saturated carbocycles. The monoisotopic (exact) mass is 636 g/mol. The number of rotatable bonds is 0. The highest BCUT2D eigenvalue weighted by Crippen LogP contribution is 2.46. The average Bonchev–Trinajstić information content (AvgIpc) is 3.72. The molecule has 13 aromatic rings. The minimum Gasteiger partial charge on any atom is -0.268 e. The van der Waals surface area contributed by atoms with Gasteiger partial charge in [0.2, 0.25) is 0 Å². The third-order valence-electron chi connectivity index (χ3n) is 11.3. The largest absolute Gasteiger partial charge is 0.268 e. The highest BCUT2D eigenvalue weighted by molar-refractivity contribution is 6.40. The number of aromatic nitrogens is 4. The quantitative estimate of drug-likeness (QED) is 0.123. The van der Waals surface area contributed by atoms with Crippen LogP contribution in [0.25, 0.3) is 120 Å². The van der Waals surface area contributed by atoms with Crippen LogP contribution in [0.15, 0.2) is 131 Å². The zero-order valence-electron chi connectivity index (χ0n) is 26.2. The number of fused-ring (bicyclic) bond motifs is 12. The molecule has 6 heteroatoms. The molecule has 0 atom stereocenters. The van der Waals surface area contributed by atoms with Crippen molar-refractivity contribution in [1.29, 1.82) is 0 Å². The summed E-state index contributed by atoms with van der Waals surface area (Å²) < 4.78 is 3.56. The molecular formula is C44H20N4O2. The van der Waals surface area contributed by atoms with Crippen LogP contribution in [0, 0.1) is 0 Å². The first-order chi connectivity index (χ1) is 24.6. The molecular weight excluding hydrogens is 617 g/mol. The smallest absolute Gasteiger partial charge is 0.264 e. The van der Waals surface area contributed by atoms with Crippen molar-refractivity contribution in [2.45, 2.75) is 0 Å². The van der Waals surface area contributed by atoms with E-state index in [1.54, 1.807) is 8.80 Å². The normalized spacial score (nSPS) is 13.0. The van der Waals surface area contributed by atoms with Gasteiger partial charge in [0.05, 0.1) is 22.1 Å². The molecule has 0 spiro atoms. The van der Waals surface area contributed by atoms with Crippen LogP contribution in [-0.4, -0.2) is 18.8 Å². The van der Waals surface area contributed by atoms with Gasteiger partial charge in [0.25, 0.3) is 11.1 Å². The summed E-state index contributed by atoms with van der Waals surface area (Å²) in [6, 6.07) is 41.3. The Labute approximate surface area is 279 Å². The van der Waals surface area contributed by atoms with E-state index in [-0.39, 0.29) is 11.1 Å². The maximum absolute atomic E-state index is 14.4. The Bertz CT molecular complexity index is 3550. The lowest BCUT2D eigenvalue weighted by molar-refractivity contribution is 1.19. The van der Waals surface area contributed by atoms with Crippen LogP contribution in [0.2, 0.25) is 0 Å². The van der Waals surface area contributed by atoms with Crippen molar-refractivity contribution in [2.24, 2.45) is 0 Å². The number of nitrogens with zero attached hydrogens (tertiary/aromatic N) is 4. The second-order valence-electron chi connectivity index (χ2n) is 13.7. The highest BCUT2D eigenvalue weighted by atomic mass is 16.1. The van der Waals surface area contributed by atoms with Gasteiger partial charge in [-0.15, -0.1) is 0 Å². The van der Waals surface area contributed by atoms with Gasteiger partial charge in [-0.3, -0.25) is 18.4 Å². The first kappa shape index (κ1) is 25.1. The van der Waals surface area contributed by atoms with Gasteiger partial charge in [-0.25, -0.2) is 9.97 Å². The van der Waals surface area contributed by atoms with E-state index in [2.05, 4.69) is 84.9 Å². The van der Waals surface area contributed by atoms with Gasteiger partial charge in [0.15, 0.2) is 0 Å². The number of hydrogen-bond acceptors (Lipinski definition) is 4. The summed E-state index contributed by atoms with van der Waals surface area (Å²) in [6.07, 6.45) is 0. The lowest BCUT2D eigenvalue weighted by Crippen LogP contribution is -2.14. The lowest BCUT2D eigenvalue weighted by Gasteiger charge is -2.18. The molecule has 0 amide bonds. The van der Waals surface area contributed by atoms with E-state index < -0.39 is 0 Å². The van der Waals surface area contributed by atoms with Gasteiger partial charge >= 0.3 is 0 Å². The van der Waals surface area contributed by atoms with Crippen molar-refractivity contribution in [3.63, 3.8) is 0 Å². The van der Waals surface area contributed by atoms with Crippen molar-refractivity contribution >= 4 is 120 Å². The summed E-state index contributed by atoms with van der Waals surface area (Å²) >= 11 is 0. The molecule has 0 unspecified atom stereocenters.